The summed E-state index contributed by atoms with van der Waals surface area (Å²) >= 11 is 1.65. The van der Waals surface area contributed by atoms with E-state index in [0.717, 1.165) is 27.3 Å². The van der Waals surface area contributed by atoms with Gasteiger partial charge in [0.05, 0.1) is 5.39 Å². The summed E-state index contributed by atoms with van der Waals surface area (Å²) in [5.41, 5.74) is 3.11. The highest BCUT2D eigenvalue weighted by Gasteiger charge is 2.15. The van der Waals surface area contributed by atoms with E-state index in [-0.39, 0.29) is 5.82 Å². The van der Waals surface area contributed by atoms with Gasteiger partial charge in [0.2, 0.25) is 0 Å². The number of aromatic nitrogens is 2. The fraction of sp³-hybridized carbons (Fsp3) is 0.0526. The van der Waals surface area contributed by atoms with Gasteiger partial charge in [0, 0.05) is 10.6 Å². The van der Waals surface area contributed by atoms with Crippen LogP contribution in [0.3, 0.4) is 0 Å². The Hall–Kier alpha value is -2.79. The number of anilines is 2. The predicted molar refractivity (Wildman–Crippen MR) is 97.3 cm³/mol. The molecule has 5 heteroatoms. The van der Waals surface area contributed by atoms with Gasteiger partial charge in [0.1, 0.15) is 22.8 Å². The van der Waals surface area contributed by atoms with Crippen LogP contribution in [0.1, 0.15) is 5.56 Å². The quantitative estimate of drug-likeness (QED) is 0.533. The molecule has 1 N–H and O–H groups in total. The lowest BCUT2D eigenvalue weighted by molar-refractivity contribution is 0.628. The van der Waals surface area contributed by atoms with Crippen molar-refractivity contribution in [2.24, 2.45) is 0 Å². The van der Waals surface area contributed by atoms with Crippen molar-refractivity contribution in [1.82, 2.24) is 9.97 Å². The Bertz CT molecular complexity index is 994. The average molecular weight is 335 g/mol. The monoisotopic (exact) mass is 335 g/mol. The molecule has 0 spiro atoms. The van der Waals surface area contributed by atoms with Gasteiger partial charge < -0.3 is 5.32 Å². The molecule has 0 saturated heterocycles. The van der Waals surface area contributed by atoms with Gasteiger partial charge in [-0.15, -0.1) is 11.3 Å². The molecular formula is C19H14FN3S. The lowest BCUT2D eigenvalue weighted by atomic mass is 10.1. The average Bonchev–Trinajstić information content (AvgIpc) is 2.96. The van der Waals surface area contributed by atoms with E-state index in [9.17, 15) is 4.39 Å². The van der Waals surface area contributed by atoms with Crippen LogP contribution in [-0.2, 0) is 0 Å². The highest BCUT2D eigenvalue weighted by atomic mass is 32.1. The van der Waals surface area contributed by atoms with Crippen molar-refractivity contribution in [3.8, 4) is 10.4 Å². The van der Waals surface area contributed by atoms with Crippen LogP contribution in [-0.4, -0.2) is 9.97 Å². The van der Waals surface area contributed by atoms with E-state index in [4.69, 9.17) is 0 Å². The summed E-state index contributed by atoms with van der Waals surface area (Å²) in [5.74, 6) is 0.481. The first kappa shape index (κ1) is 14.8. The standard InChI is InChI=1S/C19H14FN3S/c1-12-16-18(23-15-9-7-14(20)8-10-15)21-11-22-19(16)24-17(12)13-5-3-2-4-6-13/h2-11H,1H3,(H,21,22,23). The second kappa shape index (κ2) is 6.02. The van der Waals surface area contributed by atoms with Gasteiger partial charge in [-0.3, -0.25) is 0 Å². The fourth-order valence-electron chi connectivity index (χ4n) is 2.70. The summed E-state index contributed by atoms with van der Waals surface area (Å²) < 4.78 is 13.1. The summed E-state index contributed by atoms with van der Waals surface area (Å²) in [6, 6.07) is 16.5. The number of benzene rings is 2. The third-order valence-electron chi connectivity index (χ3n) is 3.87. The minimum atomic E-state index is -0.258. The van der Waals surface area contributed by atoms with Crippen LogP contribution in [0.4, 0.5) is 15.9 Å². The van der Waals surface area contributed by atoms with Crippen molar-refractivity contribution in [3.05, 3.63) is 72.3 Å². The summed E-state index contributed by atoms with van der Waals surface area (Å²) in [6.07, 6.45) is 1.55. The minimum Gasteiger partial charge on any atom is -0.340 e. The van der Waals surface area contributed by atoms with E-state index < -0.39 is 0 Å². The molecular weight excluding hydrogens is 321 g/mol. The normalized spacial score (nSPS) is 10.9. The minimum absolute atomic E-state index is 0.258. The first-order valence-electron chi connectivity index (χ1n) is 7.54. The highest BCUT2D eigenvalue weighted by molar-refractivity contribution is 7.22. The number of rotatable bonds is 3. The maximum Gasteiger partial charge on any atom is 0.142 e. The molecule has 0 amide bonds. The zero-order valence-electron chi connectivity index (χ0n) is 13.0. The first-order chi connectivity index (χ1) is 11.7. The molecule has 0 aliphatic rings. The second-order valence-corrected chi connectivity index (χ2v) is 6.46. The summed E-state index contributed by atoms with van der Waals surface area (Å²) in [5, 5.41) is 4.27. The molecule has 0 radical (unpaired) electrons. The largest absolute Gasteiger partial charge is 0.340 e. The number of fused-ring (bicyclic) bond motifs is 1. The van der Waals surface area contributed by atoms with Crippen molar-refractivity contribution < 1.29 is 4.39 Å². The lowest BCUT2D eigenvalue weighted by Crippen LogP contribution is -1.95. The topological polar surface area (TPSA) is 37.8 Å². The number of hydrogen-bond donors (Lipinski definition) is 1. The third kappa shape index (κ3) is 2.63. The van der Waals surface area contributed by atoms with E-state index in [0.29, 0.717) is 0 Å². The maximum absolute atomic E-state index is 13.1. The molecule has 0 unspecified atom stereocenters. The molecule has 0 fully saturated rings. The molecule has 2 aromatic heterocycles. The fourth-order valence-corrected chi connectivity index (χ4v) is 3.86. The molecule has 0 aliphatic carbocycles. The molecule has 118 valence electrons. The zero-order chi connectivity index (χ0) is 16.5. The van der Waals surface area contributed by atoms with E-state index >= 15 is 0 Å². The van der Waals surface area contributed by atoms with Gasteiger partial charge in [-0.25, -0.2) is 14.4 Å². The Labute approximate surface area is 142 Å². The van der Waals surface area contributed by atoms with Crippen molar-refractivity contribution in [2.45, 2.75) is 6.92 Å². The van der Waals surface area contributed by atoms with Crippen LogP contribution >= 0.6 is 11.3 Å². The van der Waals surface area contributed by atoms with Gasteiger partial charge in [-0.1, -0.05) is 30.3 Å². The molecule has 0 aliphatic heterocycles. The van der Waals surface area contributed by atoms with Crippen molar-refractivity contribution in [1.29, 1.82) is 0 Å². The Morgan fingerprint density at radius 2 is 1.71 bits per heavy atom. The molecule has 24 heavy (non-hydrogen) atoms. The Morgan fingerprint density at radius 1 is 0.958 bits per heavy atom. The molecule has 0 saturated carbocycles. The van der Waals surface area contributed by atoms with Crippen LogP contribution in [0.5, 0.6) is 0 Å². The number of thiophene rings is 1. The highest BCUT2D eigenvalue weighted by Crippen LogP contribution is 2.40. The molecule has 2 aromatic carbocycles. The van der Waals surface area contributed by atoms with Gasteiger partial charge in [-0.2, -0.15) is 0 Å². The van der Waals surface area contributed by atoms with Gasteiger partial charge >= 0.3 is 0 Å². The van der Waals surface area contributed by atoms with Crippen LogP contribution in [0, 0.1) is 12.7 Å². The maximum atomic E-state index is 13.1. The smallest absolute Gasteiger partial charge is 0.142 e. The predicted octanol–water partition coefficient (Wildman–Crippen LogP) is 5.55. The van der Waals surface area contributed by atoms with Crippen molar-refractivity contribution in [3.63, 3.8) is 0 Å². The van der Waals surface area contributed by atoms with Crippen LogP contribution < -0.4 is 5.32 Å². The summed E-state index contributed by atoms with van der Waals surface area (Å²) in [6.45, 7) is 2.08. The van der Waals surface area contributed by atoms with Crippen molar-refractivity contribution in [2.75, 3.05) is 5.32 Å². The van der Waals surface area contributed by atoms with E-state index in [1.54, 1.807) is 29.8 Å². The van der Waals surface area contributed by atoms with Crippen molar-refractivity contribution >= 4 is 33.1 Å². The molecule has 4 rings (SSSR count). The number of hydrogen-bond acceptors (Lipinski definition) is 4. The Morgan fingerprint density at radius 3 is 2.46 bits per heavy atom. The van der Waals surface area contributed by atoms with Crippen LogP contribution in [0.25, 0.3) is 20.7 Å². The summed E-state index contributed by atoms with van der Waals surface area (Å²) in [7, 11) is 0. The second-order valence-electron chi connectivity index (χ2n) is 5.46. The number of halogens is 1. The lowest BCUT2D eigenvalue weighted by Gasteiger charge is -2.07. The Balaban J connectivity index is 1.82. The van der Waals surface area contributed by atoms with E-state index in [1.165, 1.54) is 22.6 Å². The molecule has 3 nitrogen and oxygen atoms in total. The van der Waals surface area contributed by atoms with E-state index in [1.807, 2.05) is 18.2 Å². The third-order valence-corrected chi connectivity index (χ3v) is 5.12. The first-order valence-corrected chi connectivity index (χ1v) is 8.36. The van der Waals surface area contributed by atoms with Crippen LogP contribution in [0.15, 0.2) is 60.9 Å². The van der Waals surface area contributed by atoms with Gasteiger partial charge in [0.25, 0.3) is 0 Å². The molecule has 0 bridgehead atoms. The number of aryl methyl sites for hydroxylation is 1. The molecule has 2 heterocycles. The number of nitrogens with zero attached hydrogens (tertiary/aromatic N) is 2. The zero-order valence-corrected chi connectivity index (χ0v) is 13.8. The van der Waals surface area contributed by atoms with E-state index in [2.05, 4.69) is 34.3 Å². The van der Waals surface area contributed by atoms with Gasteiger partial charge in [-0.05, 0) is 42.3 Å². The summed E-state index contributed by atoms with van der Waals surface area (Å²) in [4.78, 5) is 10.9. The molecule has 4 aromatic rings. The van der Waals surface area contributed by atoms with Crippen LogP contribution in [0.2, 0.25) is 0 Å². The SMILES string of the molecule is Cc1c(-c2ccccc2)sc2ncnc(Nc3ccc(F)cc3)c12. The molecule has 0 atom stereocenters. The number of nitrogens with one attached hydrogen (secondary N) is 1. The van der Waals surface area contributed by atoms with Gasteiger partial charge in [0.15, 0.2) is 0 Å². The Kier molecular flexibility index (Phi) is 3.70.